The minimum Gasteiger partial charge on any atom is -0.515 e. The summed E-state index contributed by atoms with van der Waals surface area (Å²) < 4.78 is 0. The van der Waals surface area contributed by atoms with Crippen LogP contribution in [0.1, 0.15) is 6.92 Å². The van der Waals surface area contributed by atoms with Gasteiger partial charge in [-0.2, -0.15) is 0 Å². The molecule has 0 saturated carbocycles. The van der Waals surface area contributed by atoms with Crippen LogP contribution in [0.25, 0.3) is 0 Å². The van der Waals surface area contributed by atoms with Crippen LogP contribution in [-0.4, -0.2) is 10.9 Å². The Morgan fingerprint density at radius 3 is 2.33 bits per heavy atom. The van der Waals surface area contributed by atoms with Gasteiger partial charge in [0.2, 0.25) is 0 Å². The first kappa shape index (κ1) is 10.4. The number of hydrogen-bond donors (Lipinski definition) is 1. The summed E-state index contributed by atoms with van der Waals surface area (Å²) in [5.74, 6) is -0.234. The number of aliphatic hydroxyl groups is 1. The van der Waals surface area contributed by atoms with Crippen LogP contribution >= 0.6 is 0 Å². The van der Waals surface area contributed by atoms with Gasteiger partial charge in [0, 0.05) is 6.08 Å². The molecule has 0 atom stereocenters. The summed E-state index contributed by atoms with van der Waals surface area (Å²) in [6.07, 6.45) is 12.1. The van der Waals surface area contributed by atoms with Crippen LogP contribution in [0.2, 0.25) is 0 Å². The maximum absolute atomic E-state index is 10.7. The van der Waals surface area contributed by atoms with Gasteiger partial charge in [-0.3, -0.25) is 4.79 Å². The molecule has 2 heteroatoms. The van der Waals surface area contributed by atoms with Crippen LogP contribution in [0.5, 0.6) is 0 Å². The lowest BCUT2D eigenvalue weighted by atomic mass is 10.3. The molecule has 0 aliphatic carbocycles. The predicted octanol–water partition coefficient (Wildman–Crippen LogP) is 2.32. The molecule has 0 rings (SSSR count). The fourth-order valence-corrected chi connectivity index (χ4v) is 0.519. The highest BCUT2D eigenvalue weighted by atomic mass is 16.2. The molecule has 0 saturated heterocycles. The first-order chi connectivity index (χ1) is 5.81. The van der Waals surface area contributed by atoms with E-state index in [9.17, 15) is 4.79 Å². The summed E-state index contributed by atoms with van der Waals surface area (Å²) >= 11 is 0. The molecular formula is C10H12O2. The predicted molar refractivity (Wildman–Crippen MR) is 49.9 cm³/mol. The molecule has 0 aromatic carbocycles. The molecule has 2 nitrogen and oxygen atoms in total. The minimum atomic E-state index is -0.234. The third-order valence-electron chi connectivity index (χ3n) is 1.03. The Balaban J connectivity index is 3.83. The van der Waals surface area contributed by atoms with Gasteiger partial charge in [-0.05, 0) is 13.0 Å². The summed E-state index contributed by atoms with van der Waals surface area (Å²) in [6.45, 7) is 1.91. The normalized spacial score (nSPS) is 12.8. The quantitative estimate of drug-likeness (QED) is 0.393. The molecule has 0 aliphatic heterocycles. The SMILES string of the molecule is CC=CC=CC=CC(=O)C=CO. The number of ketones is 1. The molecule has 0 spiro atoms. The Bertz CT molecular complexity index is 232. The van der Waals surface area contributed by atoms with E-state index in [1.807, 2.05) is 25.2 Å². The molecule has 0 heterocycles. The summed E-state index contributed by atoms with van der Waals surface area (Å²) in [5.41, 5.74) is 0. The molecule has 0 bridgehead atoms. The van der Waals surface area contributed by atoms with Gasteiger partial charge < -0.3 is 5.11 Å². The molecule has 0 aromatic rings. The van der Waals surface area contributed by atoms with Gasteiger partial charge in [-0.15, -0.1) is 0 Å². The zero-order valence-electron chi connectivity index (χ0n) is 6.97. The number of aliphatic hydroxyl groups excluding tert-OH is 1. The standard InChI is InChI=1S/C10H12O2/c1-2-3-4-5-6-7-10(12)8-9-11/h2-9,11H,1H3. The molecule has 0 radical (unpaired) electrons. The largest absolute Gasteiger partial charge is 0.515 e. The number of carbonyl (C=O) groups is 1. The van der Waals surface area contributed by atoms with Crippen LogP contribution in [0.4, 0.5) is 0 Å². The van der Waals surface area contributed by atoms with Gasteiger partial charge in [-0.25, -0.2) is 0 Å². The molecular weight excluding hydrogens is 152 g/mol. The van der Waals surface area contributed by atoms with E-state index < -0.39 is 0 Å². The second-order valence-electron chi connectivity index (χ2n) is 1.99. The van der Waals surface area contributed by atoms with Crippen molar-refractivity contribution < 1.29 is 9.90 Å². The second-order valence-corrected chi connectivity index (χ2v) is 1.99. The van der Waals surface area contributed by atoms with E-state index in [-0.39, 0.29) is 5.78 Å². The summed E-state index contributed by atoms with van der Waals surface area (Å²) in [5, 5.41) is 8.21. The lowest BCUT2D eigenvalue weighted by Gasteiger charge is -1.77. The average molecular weight is 164 g/mol. The Morgan fingerprint density at radius 1 is 1.08 bits per heavy atom. The zero-order chi connectivity index (χ0) is 9.23. The van der Waals surface area contributed by atoms with E-state index >= 15 is 0 Å². The van der Waals surface area contributed by atoms with E-state index in [1.54, 1.807) is 12.2 Å². The molecule has 0 unspecified atom stereocenters. The molecule has 0 amide bonds. The Labute approximate surface area is 72.2 Å². The van der Waals surface area contributed by atoms with E-state index in [1.165, 1.54) is 6.08 Å². The number of hydrogen-bond acceptors (Lipinski definition) is 2. The maximum Gasteiger partial charge on any atom is 0.181 e. The van der Waals surface area contributed by atoms with E-state index in [4.69, 9.17) is 5.11 Å². The number of allylic oxidation sites excluding steroid dienone is 7. The molecule has 1 N–H and O–H groups in total. The van der Waals surface area contributed by atoms with Gasteiger partial charge in [-0.1, -0.05) is 30.4 Å². The van der Waals surface area contributed by atoms with Crippen molar-refractivity contribution in [2.75, 3.05) is 0 Å². The fourth-order valence-electron chi connectivity index (χ4n) is 0.519. The van der Waals surface area contributed by atoms with Crippen molar-refractivity contribution in [2.24, 2.45) is 0 Å². The van der Waals surface area contributed by atoms with Crippen LogP contribution in [0.15, 0.2) is 48.8 Å². The van der Waals surface area contributed by atoms with Gasteiger partial charge in [0.1, 0.15) is 0 Å². The molecule has 0 fully saturated rings. The van der Waals surface area contributed by atoms with Gasteiger partial charge >= 0.3 is 0 Å². The fraction of sp³-hybridized carbons (Fsp3) is 0.100. The highest BCUT2D eigenvalue weighted by Gasteiger charge is 1.83. The topological polar surface area (TPSA) is 37.3 Å². The highest BCUT2D eigenvalue weighted by Crippen LogP contribution is 1.82. The average Bonchev–Trinajstić information content (AvgIpc) is 2.05. The Kier molecular flexibility index (Phi) is 6.55. The first-order valence-electron chi connectivity index (χ1n) is 3.62. The van der Waals surface area contributed by atoms with Crippen molar-refractivity contribution in [2.45, 2.75) is 6.92 Å². The maximum atomic E-state index is 10.7. The first-order valence-corrected chi connectivity index (χ1v) is 3.62. The zero-order valence-corrected chi connectivity index (χ0v) is 6.97. The van der Waals surface area contributed by atoms with Crippen molar-refractivity contribution in [1.29, 1.82) is 0 Å². The summed E-state index contributed by atoms with van der Waals surface area (Å²) in [6, 6.07) is 0. The van der Waals surface area contributed by atoms with Crippen molar-refractivity contribution >= 4 is 5.78 Å². The molecule has 64 valence electrons. The van der Waals surface area contributed by atoms with Crippen molar-refractivity contribution in [3.05, 3.63) is 48.8 Å². The minimum absolute atomic E-state index is 0.234. The van der Waals surface area contributed by atoms with Gasteiger partial charge in [0.05, 0.1) is 6.26 Å². The van der Waals surface area contributed by atoms with E-state index in [0.717, 1.165) is 12.3 Å². The molecule has 0 aliphatic rings. The summed E-state index contributed by atoms with van der Waals surface area (Å²) in [4.78, 5) is 10.7. The number of rotatable bonds is 4. The Hall–Kier alpha value is -1.57. The van der Waals surface area contributed by atoms with Gasteiger partial charge in [0.25, 0.3) is 0 Å². The van der Waals surface area contributed by atoms with Crippen LogP contribution in [0.3, 0.4) is 0 Å². The van der Waals surface area contributed by atoms with Crippen molar-refractivity contribution in [3.63, 3.8) is 0 Å². The smallest absolute Gasteiger partial charge is 0.181 e. The third-order valence-corrected chi connectivity index (χ3v) is 1.03. The monoisotopic (exact) mass is 164 g/mol. The lowest BCUT2D eigenvalue weighted by Crippen LogP contribution is -1.82. The molecule has 12 heavy (non-hydrogen) atoms. The van der Waals surface area contributed by atoms with E-state index in [2.05, 4.69) is 0 Å². The van der Waals surface area contributed by atoms with Crippen LogP contribution in [0, 0.1) is 0 Å². The lowest BCUT2D eigenvalue weighted by molar-refractivity contribution is -0.110. The van der Waals surface area contributed by atoms with Crippen molar-refractivity contribution in [3.8, 4) is 0 Å². The van der Waals surface area contributed by atoms with Crippen molar-refractivity contribution in [1.82, 2.24) is 0 Å². The van der Waals surface area contributed by atoms with E-state index in [0.29, 0.717) is 0 Å². The molecule has 0 aromatic heterocycles. The highest BCUT2D eigenvalue weighted by molar-refractivity contribution is 5.99. The third kappa shape index (κ3) is 6.55. The van der Waals surface area contributed by atoms with Crippen LogP contribution < -0.4 is 0 Å². The summed E-state index contributed by atoms with van der Waals surface area (Å²) in [7, 11) is 0. The van der Waals surface area contributed by atoms with Gasteiger partial charge in [0.15, 0.2) is 5.78 Å². The number of carbonyl (C=O) groups excluding carboxylic acids is 1. The second kappa shape index (κ2) is 7.54. The van der Waals surface area contributed by atoms with Crippen LogP contribution in [-0.2, 0) is 4.79 Å². The Morgan fingerprint density at radius 2 is 1.75 bits per heavy atom.